The summed E-state index contributed by atoms with van der Waals surface area (Å²) in [5.74, 6) is 0. The van der Waals surface area contributed by atoms with Crippen LogP contribution in [0.15, 0.2) is 126 Å². The number of aromatic nitrogens is 4. The Kier molecular flexibility index (Phi) is 9.28. The van der Waals surface area contributed by atoms with Gasteiger partial charge in [0.2, 0.25) is 0 Å². The molecular weight excluding hydrogens is 766 g/mol. The summed E-state index contributed by atoms with van der Waals surface area (Å²) in [5, 5.41) is 0. The van der Waals surface area contributed by atoms with E-state index in [1.807, 2.05) is 0 Å². The molecule has 252 valence electrons. The summed E-state index contributed by atoms with van der Waals surface area (Å²) in [7, 11) is 0. The van der Waals surface area contributed by atoms with Gasteiger partial charge in [-0.2, -0.15) is 0 Å². The van der Waals surface area contributed by atoms with Crippen LogP contribution in [-0.2, 0) is 19.5 Å². The molecule has 0 fully saturated rings. The van der Waals surface area contributed by atoms with E-state index >= 15 is 0 Å². The summed E-state index contributed by atoms with van der Waals surface area (Å²) in [6.45, 7) is 6.36. The fourth-order valence-corrected chi connectivity index (χ4v) is 7.46. The van der Waals surface area contributed by atoms with Gasteiger partial charge in [-0.05, 0) is 104 Å². The minimum Gasteiger partial charge on any atom is -0.354 e. The number of rotatable bonds is 4. The third-order valence-corrected chi connectivity index (χ3v) is 10.4. The molecule has 0 spiro atoms. The Bertz CT molecular complexity index is 2360. The van der Waals surface area contributed by atoms with Gasteiger partial charge < -0.3 is 9.97 Å². The van der Waals surface area contributed by atoms with Crippen molar-refractivity contribution in [2.75, 3.05) is 0 Å². The molecule has 2 aliphatic heterocycles. The third kappa shape index (κ3) is 6.58. The van der Waals surface area contributed by atoms with Gasteiger partial charge in [-0.15, -0.1) is 0 Å². The smallest absolute Gasteiger partial charge is 0.0737 e. The first-order valence-corrected chi connectivity index (χ1v) is 18.3. The molecule has 2 N–H and O–H groups in total. The molecule has 2 aliphatic rings. The Morgan fingerprint density at radius 2 is 0.604 bits per heavy atom. The van der Waals surface area contributed by atoms with Gasteiger partial charge in [-0.25, -0.2) is 9.97 Å². The van der Waals surface area contributed by atoms with Crippen molar-refractivity contribution in [3.8, 4) is 44.5 Å². The number of nitrogens with zero attached hydrogens (tertiary/aromatic N) is 2. The van der Waals surface area contributed by atoms with Crippen molar-refractivity contribution in [2.45, 2.75) is 20.8 Å². The van der Waals surface area contributed by atoms with Crippen LogP contribution < -0.4 is 0 Å². The fraction of sp³-hybridized carbons (Fsp3) is 0.0638. The van der Waals surface area contributed by atoms with Crippen LogP contribution in [0.1, 0.15) is 39.5 Å². The minimum atomic E-state index is 0. The van der Waals surface area contributed by atoms with Gasteiger partial charge in [0.25, 0.3) is 0 Å². The van der Waals surface area contributed by atoms with Crippen LogP contribution in [0.3, 0.4) is 0 Å². The summed E-state index contributed by atoms with van der Waals surface area (Å²) < 4.78 is 1.03. The number of hydrogen-bond donors (Lipinski definition) is 2. The molecule has 0 saturated carbocycles. The second kappa shape index (κ2) is 14.2. The van der Waals surface area contributed by atoms with Gasteiger partial charge in [0.1, 0.15) is 0 Å². The molecule has 4 aromatic carbocycles. The average Bonchev–Trinajstić information content (AvgIpc) is 3.99. The number of aromatic amines is 2. The van der Waals surface area contributed by atoms with Gasteiger partial charge in [0.05, 0.1) is 22.8 Å². The van der Waals surface area contributed by atoms with Crippen LogP contribution in [0, 0.1) is 20.8 Å². The van der Waals surface area contributed by atoms with E-state index in [0.717, 1.165) is 93.8 Å². The molecule has 53 heavy (non-hydrogen) atoms. The molecule has 8 bridgehead atoms. The van der Waals surface area contributed by atoms with E-state index in [2.05, 4.69) is 192 Å². The van der Waals surface area contributed by atoms with Gasteiger partial charge in [0, 0.05) is 68.3 Å². The normalized spacial score (nSPS) is 11.8. The van der Waals surface area contributed by atoms with E-state index in [0.29, 0.717) is 0 Å². The summed E-state index contributed by atoms with van der Waals surface area (Å²) >= 11 is 3.64. The molecule has 0 saturated heterocycles. The van der Waals surface area contributed by atoms with Gasteiger partial charge in [-0.1, -0.05) is 118 Å². The van der Waals surface area contributed by atoms with Crippen molar-refractivity contribution < 1.29 is 19.5 Å². The quantitative estimate of drug-likeness (QED) is 0.174. The maximum absolute atomic E-state index is 5.41. The SMILES string of the molecule is Cc1ccc(-c2c3nc(c(-c4ccc(C)cc4)c4ccc([nH]4)c(-c4ccc(Br)cc4)c4nc(c(-c5ccc(C)cc5)c5ccc2[nH]5)C=C4)C=C3)cc1.[Zn]. The van der Waals surface area contributed by atoms with Crippen LogP contribution in [0.5, 0.6) is 0 Å². The Labute approximate surface area is 330 Å². The molecule has 5 heterocycles. The molecule has 9 rings (SSSR count). The van der Waals surface area contributed by atoms with Crippen molar-refractivity contribution in [1.82, 2.24) is 19.9 Å². The Balaban J connectivity index is 0.00000400. The van der Waals surface area contributed by atoms with Crippen LogP contribution in [0.25, 0.3) is 90.9 Å². The van der Waals surface area contributed by atoms with E-state index < -0.39 is 0 Å². The number of H-pyrrole nitrogens is 2. The van der Waals surface area contributed by atoms with Crippen molar-refractivity contribution in [1.29, 1.82) is 0 Å². The number of fused-ring (bicyclic) bond motifs is 8. The molecule has 3 aromatic heterocycles. The number of aryl methyl sites for hydroxylation is 3. The minimum absolute atomic E-state index is 0. The Morgan fingerprint density at radius 3 is 0.868 bits per heavy atom. The summed E-state index contributed by atoms with van der Waals surface area (Å²) in [6, 6.07) is 43.3. The van der Waals surface area contributed by atoms with Crippen LogP contribution in [0.4, 0.5) is 0 Å². The molecule has 0 amide bonds. The maximum atomic E-state index is 5.41. The van der Waals surface area contributed by atoms with Crippen molar-refractivity contribution in [3.05, 3.63) is 165 Å². The largest absolute Gasteiger partial charge is 0.354 e. The van der Waals surface area contributed by atoms with Gasteiger partial charge in [0.15, 0.2) is 0 Å². The monoisotopic (exact) mass is 798 g/mol. The van der Waals surface area contributed by atoms with Crippen LogP contribution >= 0.6 is 15.9 Å². The zero-order valence-electron chi connectivity index (χ0n) is 29.8. The standard InChI is InChI=1S/C47H35BrN4.Zn/c1-28-4-10-31(11-5-28)44-36-20-22-38(49-36)45(32-12-6-29(2)7-13-32)40-24-26-42(51-40)47(34-16-18-35(48)19-17-34)43-27-25-41(52-43)46(39-23-21-37(44)50-39)33-14-8-30(3)9-15-33;/h4-27,49,52H,1-3H3;. The summed E-state index contributed by atoms with van der Waals surface area (Å²) in [5.41, 5.74) is 19.7. The second-order valence-electron chi connectivity index (χ2n) is 13.6. The molecule has 4 nitrogen and oxygen atoms in total. The first kappa shape index (κ1) is 34.7. The first-order valence-electron chi connectivity index (χ1n) is 17.5. The van der Waals surface area contributed by atoms with E-state index in [-0.39, 0.29) is 19.5 Å². The predicted molar refractivity (Wildman–Crippen MR) is 223 cm³/mol. The number of nitrogens with one attached hydrogen (secondary N) is 2. The number of benzene rings is 4. The van der Waals surface area contributed by atoms with Gasteiger partial charge in [-0.3, -0.25) is 0 Å². The number of hydrogen-bond acceptors (Lipinski definition) is 2. The summed E-state index contributed by atoms with van der Waals surface area (Å²) in [4.78, 5) is 18.5. The topological polar surface area (TPSA) is 57.4 Å². The van der Waals surface area contributed by atoms with E-state index in [4.69, 9.17) is 9.97 Å². The summed E-state index contributed by atoms with van der Waals surface area (Å²) in [6.07, 6.45) is 8.58. The maximum Gasteiger partial charge on any atom is 0.0737 e. The predicted octanol–water partition coefficient (Wildman–Crippen LogP) is 13.0. The molecule has 7 aromatic rings. The zero-order valence-corrected chi connectivity index (χ0v) is 34.4. The molecule has 0 unspecified atom stereocenters. The zero-order chi connectivity index (χ0) is 35.3. The van der Waals surface area contributed by atoms with Crippen molar-refractivity contribution in [3.63, 3.8) is 0 Å². The number of halogens is 1. The van der Waals surface area contributed by atoms with Crippen LogP contribution in [0.2, 0.25) is 0 Å². The molecule has 0 aliphatic carbocycles. The van der Waals surface area contributed by atoms with Crippen molar-refractivity contribution in [2.24, 2.45) is 0 Å². The molecule has 0 radical (unpaired) electrons. The molecule has 6 heteroatoms. The Hall–Kier alpha value is -5.42. The van der Waals surface area contributed by atoms with E-state index in [9.17, 15) is 0 Å². The Morgan fingerprint density at radius 1 is 0.358 bits per heavy atom. The average molecular weight is 801 g/mol. The first-order chi connectivity index (χ1) is 25.4. The van der Waals surface area contributed by atoms with Crippen molar-refractivity contribution >= 4 is 62.3 Å². The molecule has 0 atom stereocenters. The second-order valence-corrected chi connectivity index (χ2v) is 14.5. The molecular formula is C47H35BrN4Zn. The van der Waals surface area contributed by atoms with E-state index in [1.54, 1.807) is 0 Å². The van der Waals surface area contributed by atoms with Crippen LogP contribution in [-0.4, -0.2) is 19.9 Å². The third-order valence-electron chi connectivity index (χ3n) is 9.91. The van der Waals surface area contributed by atoms with E-state index in [1.165, 1.54) is 16.7 Å². The fourth-order valence-electron chi connectivity index (χ4n) is 7.20. The van der Waals surface area contributed by atoms with Gasteiger partial charge >= 0.3 is 0 Å².